The molecule has 1 N–H and O–H groups in total. The zero-order chi connectivity index (χ0) is 15.9. The second-order valence-corrected chi connectivity index (χ2v) is 9.63. The second-order valence-electron chi connectivity index (χ2n) is 6.27. The summed E-state index contributed by atoms with van der Waals surface area (Å²) < 4.78 is 25.3. The van der Waals surface area contributed by atoms with Crippen molar-refractivity contribution in [3.63, 3.8) is 0 Å². The number of hydrogen-bond donors (Lipinski definition) is 1. The van der Waals surface area contributed by atoms with E-state index in [9.17, 15) is 13.2 Å². The van der Waals surface area contributed by atoms with Gasteiger partial charge in [0.1, 0.15) is 11.0 Å². The van der Waals surface area contributed by atoms with Gasteiger partial charge in [0.05, 0.1) is 17.5 Å². The van der Waals surface area contributed by atoms with Crippen LogP contribution < -0.4 is 5.56 Å². The van der Waals surface area contributed by atoms with Crippen molar-refractivity contribution < 1.29 is 8.42 Å². The van der Waals surface area contributed by atoms with E-state index in [-0.39, 0.29) is 28.4 Å². The van der Waals surface area contributed by atoms with Crippen LogP contribution in [0.25, 0.3) is 21.9 Å². The number of benzene rings is 1. The van der Waals surface area contributed by atoms with Crippen molar-refractivity contribution in [3.8, 4) is 0 Å². The van der Waals surface area contributed by atoms with Gasteiger partial charge in [0.2, 0.25) is 0 Å². The van der Waals surface area contributed by atoms with Gasteiger partial charge in [-0.25, -0.2) is 13.4 Å². The molecule has 5 rings (SSSR count). The number of fused-ring (bicyclic) bond motifs is 6. The highest BCUT2D eigenvalue weighted by Gasteiger charge is 2.46. The number of aromatic amines is 1. The van der Waals surface area contributed by atoms with Gasteiger partial charge in [0.15, 0.2) is 15.0 Å². The average molecular weight is 347 g/mol. The molecule has 2 aromatic heterocycles. The Hall–Kier alpha value is -1.80. The lowest BCUT2D eigenvalue weighted by Crippen LogP contribution is -2.27. The summed E-state index contributed by atoms with van der Waals surface area (Å²) in [4.78, 5) is 20.7. The molecule has 0 radical (unpaired) electrons. The number of rotatable bonds is 0. The molecule has 1 aromatic carbocycles. The minimum atomic E-state index is -3.07. The molecule has 3 aromatic rings. The van der Waals surface area contributed by atoms with Crippen molar-refractivity contribution in [1.29, 1.82) is 0 Å². The molecule has 0 spiro atoms. The van der Waals surface area contributed by atoms with Gasteiger partial charge in [-0.05, 0) is 19.1 Å². The summed E-state index contributed by atoms with van der Waals surface area (Å²) in [7, 11) is -3.07. The number of thioether (sulfide) groups is 1. The van der Waals surface area contributed by atoms with Crippen LogP contribution in [0.5, 0.6) is 0 Å². The minimum absolute atomic E-state index is 0.0318. The zero-order valence-electron chi connectivity index (χ0n) is 12.2. The van der Waals surface area contributed by atoms with Crippen LogP contribution in [0, 0.1) is 6.92 Å². The lowest BCUT2D eigenvalue weighted by atomic mass is 10.1. The fourth-order valence-corrected chi connectivity index (χ4v) is 7.48. The molecule has 0 amide bonds. The van der Waals surface area contributed by atoms with Gasteiger partial charge in [0, 0.05) is 16.2 Å². The molecule has 2 aliphatic heterocycles. The molecule has 2 aliphatic rings. The first-order chi connectivity index (χ1) is 10.9. The van der Waals surface area contributed by atoms with Crippen molar-refractivity contribution in [3.05, 3.63) is 34.1 Å². The van der Waals surface area contributed by atoms with E-state index in [4.69, 9.17) is 0 Å². The number of aromatic nitrogens is 3. The van der Waals surface area contributed by atoms with Gasteiger partial charge in [-0.3, -0.25) is 9.36 Å². The molecular weight excluding hydrogens is 334 g/mol. The van der Waals surface area contributed by atoms with E-state index >= 15 is 0 Å². The van der Waals surface area contributed by atoms with Crippen molar-refractivity contribution in [1.82, 2.24) is 14.5 Å². The van der Waals surface area contributed by atoms with Crippen molar-refractivity contribution >= 4 is 43.5 Å². The quantitative estimate of drug-likeness (QED) is 0.625. The van der Waals surface area contributed by atoms with Crippen molar-refractivity contribution in [2.24, 2.45) is 0 Å². The summed E-state index contributed by atoms with van der Waals surface area (Å²) in [6, 6.07) is 5.65. The lowest BCUT2D eigenvalue weighted by molar-refractivity contribution is 0.524. The molecule has 0 aliphatic carbocycles. The average Bonchev–Trinajstić information content (AvgIpc) is 3.07. The van der Waals surface area contributed by atoms with E-state index < -0.39 is 9.84 Å². The van der Waals surface area contributed by atoms with Crippen molar-refractivity contribution in [2.45, 2.75) is 23.4 Å². The summed E-state index contributed by atoms with van der Waals surface area (Å²) in [5, 5.41) is 1.47. The fraction of sp³-hybridized carbons (Fsp3) is 0.333. The number of nitrogens with zero attached hydrogens (tertiary/aromatic N) is 2. The Bertz CT molecular complexity index is 1160. The van der Waals surface area contributed by atoms with Gasteiger partial charge < -0.3 is 4.98 Å². The molecule has 8 heteroatoms. The van der Waals surface area contributed by atoms with Gasteiger partial charge in [-0.15, -0.1) is 0 Å². The Labute approximate surface area is 135 Å². The van der Waals surface area contributed by atoms with Gasteiger partial charge >= 0.3 is 0 Å². The normalized spacial score (nSPS) is 25.1. The smallest absolute Gasteiger partial charge is 0.278 e. The van der Waals surface area contributed by atoms with E-state index in [2.05, 4.69) is 9.97 Å². The van der Waals surface area contributed by atoms with Gasteiger partial charge in [-0.1, -0.05) is 23.4 Å². The van der Waals surface area contributed by atoms with Gasteiger partial charge in [0.25, 0.3) is 5.56 Å². The number of sulfone groups is 1. The van der Waals surface area contributed by atoms with E-state index in [0.29, 0.717) is 16.2 Å². The Kier molecular flexibility index (Phi) is 2.48. The second kappa shape index (κ2) is 4.18. The molecule has 0 bridgehead atoms. The van der Waals surface area contributed by atoms with Crippen LogP contribution in [0.2, 0.25) is 0 Å². The third-order valence-corrected chi connectivity index (χ3v) is 7.84. The molecule has 23 heavy (non-hydrogen) atoms. The summed E-state index contributed by atoms with van der Waals surface area (Å²) in [5.41, 5.74) is 2.95. The first-order valence-corrected chi connectivity index (χ1v) is 10.0. The Balaban J connectivity index is 1.84. The molecule has 118 valence electrons. The highest BCUT2D eigenvalue weighted by Crippen LogP contribution is 2.44. The molecule has 0 saturated carbocycles. The molecule has 1 saturated heterocycles. The third kappa shape index (κ3) is 1.79. The van der Waals surface area contributed by atoms with E-state index in [0.717, 1.165) is 16.5 Å². The predicted molar refractivity (Wildman–Crippen MR) is 89.9 cm³/mol. The summed E-state index contributed by atoms with van der Waals surface area (Å²) in [5.74, 6) is 0.156. The van der Waals surface area contributed by atoms with Crippen LogP contribution in [0.15, 0.2) is 28.2 Å². The number of H-pyrrole nitrogens is 1. The minimum Gasteiger partial charge on any atom is -0.349 e. The van der Waals surface area contributed by atoms with Crippen LogP contribution in [0.4, 0.5) is 0 Å². The standard InChI is InChI=1S/C15H13N3O3S2/c1-7-2-3-9-8(4-7)12-13(16-9)14(19)18-10-5-23(20,21)6-11(10)22-15(18)17-12/h2-4,10-11,16H,5-6H2,1H3/t10-,11-/m0/s1. The van der Waals surface area contributed by atoms with Crippen LogP contribution in [-0.4, -0.2) is 39.7 Å². The van der Waals surface area contributed by atoms with Crippen LogP contribution in [0.1, 0.15) is 11.6 Å². The van der Waals surface area contributed by atoms with E-state index in [1.54, 1.807) is 4.57 Å². The zero-order valence-corrected chi connectivity index (χ0v) is 13.9. The Morgan fingerprint density at radius 1 is 1.35 bits per heavy atom. The summed E-state index contributed by atoms with van der Waals surface area (Å²) >= 11 is 1.41. The number of hydrogen-bond acceptors (Lipinski definition) is 5. The van der Waals surface area contributed by atoms with Gasteiger partial charge in [-0.2, -0.15) is 0 Å². The highest BCUT2D eigenvalue weighted by atomic mass is 32.2. The molecule has 0 unspecified atom stereocenters. The maximum atomic E-state index is 12.9. The Morgan fingerprint density at radius 2 is 2.17 bits per heavy atom. The van der Waals surface area contributed by atoms with E-state index in [1.165, 1.54) is 11.8 Å². The largest absolute Gasteiger partial charge is 0.349 e. The maximum absolute atomic E-state index is 12.9. The first-order valence-electron chi connectivity index (χ1n) is 7.35. The SMILES string of the molecule is Cc1ccc2[nH]c3c(=O)n4c(nc3c2c1)S[C@H]1CS(=O)(=O)C[C@@H]14. The third-order valence-electron chi connectivity index (χ3n) is 4.63. The van der Waals surface area contributed by atoms with Crippen LogP contribution in [-0.2, 0) is 9.84 Å². The van der Waals surface area contributed by atoms with Crippen LogP contribution in [0.3, 0.4) is 0 Å². The lowest BCUT2D eigenvalue weighted by Gasteiger charge is -2.09. The Morgan fingerprint density at radius 3 is 3.00 bits per heavy atom. The predicted octanol–water partition coefficient (Wildman–Crippen LogP) is 1.63. The molecule has 1 fully saturated rings. The monoisotopic (exact) mass is 347 g/mol. The first kappa shape index (κ1) is 13.6. The molecule has 6 nitrogen and oxygen atoms in total. The topological polar surface area (TPSA) is 84.8 Å². The number of nitrogens with one attached hydrogen (secondary N) is 1. The van der Waals surface area contributed by atoms with E-state index in [1.807, 2.05) is 25.1 Å². The number of aryl methyl sites for hydroxylation is 1. The maximum Gasteiger partial charge on any atom is 0.278 e. The molecular formula is C15H13N3O3S2. The summed E-state index contributed by atoms with van der Waals surface area (Å²) in [6.07, 6.45) is 0. The van der Waals surface area contributed by atoms with Crippen LogP contribution >= 0.6 is 11.8 Å². The summed E-state index contributed by atoms with van der Waals surface area (Å²) in [6.45, 7) is 2.00. The highest BCUT2D eigenvalue weighted by molar-refractivity contribution is 8.02. The fourth-order valence-electron chi connectivity index (χ4n) is 3.58. The van der Waals surface area contributed by atoms with Crippen molar-refractivity contribution in [2.75, 3.05) is 11.5 Å². The molecule has 2 atom stereocenters. The molecule has 4 heterocycles.